The number of pyridine rings is 1. The van der Waals surface area contributed by atoms with E-state index in [9.17, 15) is 4.79 Å². The molecule has 2 aromatic heterocycles. The summed E-state index contributed by atoms with van der Waals surface area (Å²) in [5.74, 6) is 2.21. The fourth-order valence-corrected chi connectivity index (χ4v) is 3.95. The molecule has 9 heteroatoms. The zero-order valence-electron chi connectivity index (χ0n) is 19.6. The first-order valence-electron chi connectivity index (χ1n) is 11.5. The number of nitrogen functional groups attached to an aromatic ring is 1. The Kier molecular flexibility index (Phi) is 7.41. The molecule has 0 bridgehead atoms. The molecule has 1 aliphatic rings. The molecule has 0 spiro atoms. The number of anilines is 3. The van der Waals surface area contributed by atoms with Crippen molar-refractivity contribution in [2.45, 2.75) is 26.9 Å². The molecule has 9 nitrogen and oxygen atoms in total. The Morgan fingerprint density at radius 1 is 1.09 bits per heavy atom. The van der Waals surface area contributed by atoms with E-state index in [0.29, 0.717) is 43.5 Å². The number of rotatable bonds is 7. The molecule has 1 aromatic carbocycles. The van der Waals surface area contributed by atoms with Crippen molar-refractivity contribution in [1.29, 1.82) is 0 Å². The van der Waals surface area contributed by atoms with Crippen molar-refractivity contribution < 1.29 is 9.53 Å². The van der Waals surface area contributed by atoms with Gasteiger partial charge < -0.3 is 25.6 Å². The van der Waals surface area contributed by atoms with Gasteiger partial charge in [-0.05, 0) is 48.2 Å². The zero-order chi connectivity index (χ0) is 23.9. The van der Waals surface area contributed by atoms with Crippen LogP contribution in [-0.2, 0) is 13.0 Å². The average molecular weight is 462 g/mol. The summed E-state index contributed by atoms with van der Waals surface area (Å²) in [7, 11) is 0. The van der Waals surface area contributed by atoms with Crippen LogP contribution >= 0.6 is 0 Å². The van der Waals surface area contributed by atoms with E-state index in [1.54, 1.807) is 18.5 Å². The summed E-state index contributed by atoms with van der Waals surface area (Å²) in [4.78, 5) is 29.4. The van der Waals surface area contributed by atoms with Crippen LogP contribution in [0.25, 0.3) is 0 Å². The highest BCUT2D eigenvalue weighted by atomic mass is 16.5. The van der Waals surface area contributed by atoms with Crippen molar-refractivity contribution in [3.63, 3.8) is 0 Å². The van der Waals surface area contributed by atoms with Crippen molar-refractivity contribution in [2.75, 3.05) is 42.1 Å². The van der Waals surface area contributed by atoms with E-state index in [2.05, 4.69) is 51.1 Å². The van der Waals surface area contributed by atoms with E-state index >= 15 is 0 Å². The molecule has 0 unspecified atom stereocenters. The summed E-state index contributed by atoms with van der Waals surface area (Å²) >= 11 is 0. The molecular weight excluding hydrogens is 430 g/mol. The van der Waals surface area contributed by atoms with E-state index in [4.69, 9.17) is 10.5 Å². The molecule has 0 radical (unpaired) electrons. The molecule has 3 N–H and O–H groups in total. The molecule has 1 fully saturated rings. The smallest absolute Gasteiger partial charge is 0.321 e. The Hall–Kier alpha value is -3.88. The number of aromatic nitrogens is 3. The molecule has 178 valence electrons. The quantitative estimate of drug-likeness (QED) is 0.553. The van der Waals surface area contributed by atoms with Crippen LogP contribution in [0.15, 0.2) is 54.9 Å². The van der Waals surface area contributed by atoms with Gasteiger partial charge in [0.05, 0.1) is 5.69 Å². The average Bonchev–Trinajstić information content (AvgIpc) is 2.83. The summed E-state index contributed by atoms with van der Waals surface area (Å²) in [6.45, 7) is 7.16. The van der Waals surface area contributed by atoms with Crippen LogP contribution in [0.5, 0.6) is 5.75 Å². The predicted octanol–water partition coefficient (Wildman–Crippen LogP) is 3.59. The lowest BCUT2D eigenvalue weighted by molar-refractivity contribution is 0.208. The minimum Gasteiger partial charge on any atom is -0.483 e. The molecular formula is C25H31N7O2. The number of hydrogen-bond acceptors (Lipinski definition) is 7. The highest BCUT2D eigenvalue weighted by Crippen LogP contribution is 2.27. The normalized spacial score (nSPS) is 13.7. The van der Waals surface area contributed by atoms with Gasteiger partial charge in [-0.15, -0.1) is 0 Å². The first kappa shape index (κ1) is 23.3. The Bertz CT molecular complexity index is 1110. The molecule has 3 heterocycles. The summed E-state index contributed by atoms with van der Waals surface area (Å²) in [6, 6.07) is 13.5. The number of nitrogens with zero attached hydrogens (tertiary/aromatic N) is 5. The van der Waals surface area contributed by atoms with Crippen LogP contribution in [-0.4, -0.2) is 52.1 Å². The number of ether oxygens (including phenoxy) is 1. The van der Waals surface area contributed by atoms with E-state index in [0.717, 1.165) is 17.9 Å². The summed E-state index contributed by atoms with van der Waals surface area (Å²) in [5.41, 5.74) is 8.40. The van der Waals surface area contributed by atoms with E-state index < -0.39 is 0 Å². The number of hydrogen-bond donors (Lipinski definition) is 2. The first-order chi connectivity index (χ1) is 16.5. The number of urea groups is 1. The standard InChI is InChI=1S/C25H31N7O2/c1-18(2)15-19-5-3-6-20(16-19)30-25(33)32-13-11-31(12-14-32)23-22(7-4-9-27-23)34-17-21-8-10-28-24(26)29-21/h3-10,16,18H,11-15,17H2,1-2H3,(H,30,33)(H2,26,28,29). The van der Waals surface area contributed by atoms with Gasteiger partial charge >= 0.3 is 6.03 Å². The number of amides is 2. The number of benzene rings is 1. The molecule has 2 amide bonds. The van der Waals surface area contributed by atoms with Crippen LogP contribution in [0.4, 0.5) is 22.2 Å². The van der Waals surface area contributed by atoms with Crippen molar-refractivity contribution in [2.24, 2.45) is 5.92 Å². The third-order valence-corrected chi connectivity index (χ3v) is 5.55. The van der Waals surface area contributed by atoms with Gasteiger partial charge in [0.15, 0.2) is 11.6 Å². The topological polar surface area (TPSA) is 110 Å². The monoisotopic (exact) mass is 461 g/mol. The van der Waals surface area contributed by atoms with Gasteiger partial charge in [-0.2, -0.15) is 0 Å². The largest absolute Gasteiger partial charge is 0.483 e. The lowest BCUT2D eigenvalue weighted by Gasteiger charge is -2.35. The first-order valence-corrected chi connectivity index (χ1v) is 11.5. The molecule has 0 atom stereocenters. The Balaban J connectivity index is 1.33. The van der Waals surface area contributed by atoms with Gasteiger partial charge in [-0.1, -0.05) is 26.0 Å². The lowest BCUT2D eigenvalue weighted by Crippen LogP contribution is -2.50. The third kappa shape index (κ3) is 6.12. The second kappa shape index (κ2) is 10.8. The fraction of sp³-hybridized carbons (Fsp3) is 0.360. The van der Waals surface area contributed by atoms with Gasteiger partial charge in [-0.3, -0.25) is 0 Å². The fourth-order valence-electron chi connectivity index (χ4n) is 3.95. The van der Waals surface area contributed by atoms with Crippen molar-refractivity contribution in [3.8, 4) is 5.75 Å². The molecule has 0 aliphatic carbocycles. The highest BCUT2D eigenvalue weighted by Gasteiger charge is 2.24. The van der Waals surface area contributed by atoms with Crippen molar-refractivity contribution in [1.82, 2.24) is 19.9 Å². The number of nitrogens with two attached hydrogens (primary N) is 1. The Morgan fingerprint density at radius 2 is 1.91 bits per heavy atom. The van der Waals surface area contributed by atoms with Crippen LogP contribution < -0.4 is 20.7 Å². The third-order valence-electron chi connectivity index (χ3n) is 5.55. The number of piperazine rings is 1. The lowest BCUT2D eigenvalue weighted by atomic mass is 10.0. The maximum atomic E-state index is 12.8. The molecule has 1 aliphatic heterocycles. The molecule has 34 heavy (non-hydrogen) atoms. The second-order valence-corrected chi connectivity index (χ2v) is 8.72. The molecule has 3 aromatic rings. The maximum absolute atomic E-state index is 12.8. The molecule has 0 saturated carbocycles. The Labute approximate surface area is 200 Å². The van der Waals surface area contributed by atoms with Crippen LogP contribution in [0.2, 0.25) is 0 Å². The number of carbonyl (C=O) groups excluding carboxylic acids is 1. The van der Waals surface area contributed by atoms with Crippen LogP contribution in [0.3, 0.4) is 0 Å². The maximum Gasteiger partial charge on any atom is 0.321 e. The SMILES string of the molecule is CC(C)Cc1cccc(NC(=O)N2CCN(c3ncccc3OCc3ccnc(N)n3)CC2)c1. The summed E-state index contributed by atoms with van der Waals surface area (Å²) in [5, 5.41) is 3.04. The van der Waals surface area contributed by atoms with Gasteiger partial charge in [-0.25, -0.2) is 19.7 Å². The van der Waals surface area contributed by atoms with E-state index in [1.165, 1.54) is 5.56 Å². The number of nitrogens with one attached hydrogen (secondary N) is 1. The molecule has 1 saturated heterocycles. The minimum atomic E-state index is -0.0832. The second-order valence-electron chi connectivity index (χ2n) is 8.72. The van der Waals surface area contributed by atoms with Gasteiger partial charge in [0.1, 0.15) is 6.61 Å². The van der Waals surface area contributed by atoms with Crippen LogP contribution in [0, 0.1) is 5.92 Å². The van der Waals surface area contributed by atoms with Gasteiger partial charge in [0.2, 0.25) is 5.95 Å². The molecule has 4 rings (SSSR count). The summed E-state index contributed by atoms with van der Waals surface area (Å²) < 4.78 is 5.98. The van der Waals surface area contributed by atoms with Gasteiger partial charge in [0.25, 0.3) is 0 Å². The summed E-state index contributed by atoms with van der Waals surface area (Å²) in [6.07, 6.45) is 4.34. The zero-order valence-corrected chi connectivity index (χ0v) is 19.6. The van der Waals surface area contributed by atoms with Crippen molar-refractivity contribution >= 4 is 23.5 Å². The Morgan fingerprint density at radius 3 is 2.68 bits per heavy atom. The van der Waals surface area contributed by atoms with E-state index in [-0.39, 0.29) is 18.6 Å². The predicted molar refractivity (Wildman–Crippen MR) is 133 cm³/mol. The highest BCUT2D eigenvalue weighted by molar-refractivity contribution is 5.89. The number of carbonyl (C=O) groups is 1. The van der Waals surface area contributed by atoms with Crippen LogP contribution in [0.1, 0.15) is 25.1 Å². The minimum absolute atomic E-state index is 0.0832. The van der Waals surface area contributed by atoms with E-state index in [1.807, 2.05) is 29.2 Å². The van der Waals surface area contributed by atoms with Crippen molar-refractivity contribution in [3.05, 3.63) is 66.1 Å². The van der Waals surface area contributed by atoms with Gasteiger partial charge in [0, 0.05) is 44.3 Å².